The zero-order chi connectivity index (χ0) is 22.9. The van der Waals surface area contributed by atoms with Crippen LogP contribution in [0.5, 0.6) is 0 Å². The predicted octanol–water partition coefficient (Wildman–Crippen LogP) is 3.84. The molecule has 2 heterocycles. The number of ether oxygens (including phenoxy) is 1. The van der Waals surface area contributed by atoms with E-state index in [4.69, 9.17) is 4.74 Å². The minimum Gasteiger partial charge on any atom is -0.465 e. The average Bonchev–Trinajstić information content (AvgIpc) is 3.27. The van der Waals surface area contributed by atoms with Crippen LogP contribution in [0.3, 0.4) is 0 Å². The van der Waals surface area contributed by atoms with E-state index in [2.05, 4.69) is 4.72 Å². The number of hydrogen-bond acceptors (Lipinski definition) is 6. The fourth-order valence-corrected chi connectivity index (χ4v) is 5.96. The van der Waals surface area contributed by atoms with Gasteiger partial charge in [-0.3, -0.25) is 9.52 Å². The quantitative estimate of drug-likeness (QED) is 0.572. The van der Waals surface area contributed by atoms with Gasteiger partial charge < -0.3 is 9.64 Å². The Kier molecular flexibility index (Phi) is 6.03. The van der Waals surface area contributed by atoms with Crippen molar-refractivity contribution in [3.63, 3.8) is 0 Å². The van der Waals surface area contributed by atoms with Crippen molar-refractivity contribution in [2.24, 2.45) is 0 Å². The van der Waals surface area contributed by atoms with Gasteiger partial charge in [-0.2, -0.15) is 0 Å². The van der Waals surface area contributed by atoms with Crippen molar-refractivity contribution >= 4 is 38.9 Å². The number of methoxy groups -OCH3 is 1. The van der Waals surface area contributed by atoms with Gasteiger partial charge in [-0.05, 0) is 60.2 Å². The van der Waals surface area contributed by atoms with E-state index in [-0.39, 0.29) is 22.1 Å². The van der Waals surface area contributed by atoms with Crippen molar-refractivity contribution in [1.29, 1.82) is 0 Å². The van der Waals surface area contributed by atoms with Crippen molar-refractivity contribution in [3.8, 4) is 0 Å². The van der Waals surface area contributed by atoms with Crippen LogP contribution in [0, 0.1) is 6.92 Å². The summed E-state index contributed by atoms with van der Waals surface area (Å²) in [6, 6.07) is 12.8. The number of carbonyl (C=O) groups is 2. The number of amides is 1. The Morgan fingerprint density at radius 1 is 1.06 bits per heavy atom. The van der Waals surface area contributed by atoms with E-state index in [1.54, 1.807) is 47.4 Å². The summed E-state index contributed by atoms with van der Waals surface area (Å²) in [7, 11) is -2.90. The summed E-state index contributed by atoms with van der Waals surface area (Å²) in [4.78, 5) is 28.1. The van der Waals surface area contributed by atoms with Crippen LogP contribution in [0.25, 0.3) is 0 Å². The van der Waals surface area contributed by atoms with Crippen LogP contribution in [0.1, 0.15) is 36.7 Å². The maximum absolute atomic E-state index is 13.2. The highest BCUT2D eigenvalue weighted by molar-refractivity contribution is 7.92. The number of sulfonamides is 1. The molecule has 4 rings (SSSR count). The summed E-state index contributed by atoms with van der Waals surface area (Å²) < 4.78 is 33.4. The van der Waals surface area contributed by atoms with Gasteiger partial charge in [0.2, 0.25) is 0 Å². The number of hydrogen-bond donors (Lipinski definition) is 1. The lowest BCUT2D eigenvalue weighted by molar-refractivity contribution is 0.0596. The smallest absolute Gasteiger partial charge is 0.339 e. The molecule has 2 aromatic carbocycles. The van der Waals surface area contributed by atoms with Crippen molar-refractivity contribution in [2.45, 2.75) is 24.8 Å². The van der Waals surface area contributed by atoms with E-state index in [1.165, 1.54) is 30.2 Å². The summed E-state index contributed by atoms with van der Waals surface area (Å²) in [6.07, 6.45) is 0.814. The van der Waals surface area contributed by atoms with Gasteiger partial charge in [-0.15, -0.1) is 11.3 Å². The standard InChI is InChI=1S/C23H22N2O5S2/c1-15-17(22(26)25-12-10-20-16(14-25)11-13-31-20)7-5-8-19(15)24-32(28,29)21-9-4-3-6-18(21)23(27)30-2/h3-9,11,13,24H,10,12,14H2,1-2H3. The maximum Gasteiger partial charge on any atom is 0.339 e. The summed E-state index contributed by atoms with van der Waals surface area (Å²) in [5, 5.41) is 2.03. The highest BCUT2D eigenvalue weighted by atomic mass is 32.2. The van der Waals surface area contributed by atoms with Crippen LogP contribution in [0.15, 0.2) is 58.8 Å². The lowest BCUT2D eigenvalue weighted by atomic mass is 10.0. The number of esters is 1. The lowest BCUT2D eigenvalue weighted by Crippen LogP contribution is -2.35. The van der Waals surface area contributed by atoms with Gasteiger partial charge in [-0.1, -0.05) is 18.2 Å². The molecule has 1 aromatic heterocycles. The van der Waals surface area contributed by atoms with Crippen molar-refractivity contribution in [2.75, 3.05) is 18.4 Å². The number of rotatable bonds is 5. The lowest BCUT2D eigenvalue weighted by Gasteiger charge is -2.28. The largest absolute Gasteiger partial charge is 0.465 e. The van der Waals surface area contributed by atoms with Gasteiger partial charge in [0, 0.05) is 23.5 Å². The number of anilines is 1. The van der Waals surface area contributed by atoms with Crippen molar-refractivity contribution in [3.05, 3.63) is 81.0 Å². The van der Waals surface area contributed by atoms with Crippen LogP contribution in [0.2, 0.25) is 0 Å². The molecule has 1 amide bonds. The molecule has 0 fully saturated rings. The second-order valence-electron chi connectivity index (χ2n) is 7.42. The van der Waals surface area contributed by atoms with E-state index in [0.29, 0.717) is 24.2 Å². The number of thiophene rings is 1. The first-order valence-electron chi connectivity index (χ1n) is 9.96. The summed E-state index contributed by atoms with van der Waals surface area (Å²) in [6.45, 7) is 2.87. The average molecular weight is 471 g/mol. The molecule has 3 aromatic rings. The Morgan fingerprint density at radius 2 is 1.81 bits per heavy atom. The van der Waals surface area contributed by atoms with Crippen molar-refractivity contribution < 1.29 is 22.7 Å². The Bertz CT molecular complexity index is 1300. The van der Waals surface area contributed by atoms with Gasteiger partial charge >= 0.3 is 5.97 Å². The number of fused-ring (bicyclic) bond motifs is 1. The number of carbonyl (C=O) groups excluding carboxylic acids is 2. The third-order valence-corrected chi connectivity index (χ3v) is 7.93. The van der Waals surface area contributed by atoms with Crippen LogP contribution in [-0.4, -0.2) is 38.8 Å². The Morgan fingerprint density at radius 3 is 2.59 bits per heavy atom. The fraction of sp³-hybridized carbons (Fsp3) is 0.217. The zero-order valence-electron chi connectivity index (χ0n) is 17.6. The highest BCUT2D eigenvalue weighted by Crippen LogP contribution is 2.28. The monoisotopic (exact) mass is 470 g/mol. The van der Waals surface area contributed by atoms with Crippen LogP contribution >= 0.6 is 11.3 Å². The van der Waals surface area contributed by atoms with Crippen LogP contribution < -0.4 is 4.72 Å². The Balaban J connectivity index is 1.62. The van der Waals surface area contributed by atoms with E-state index >= 15 is 0 Å². The van der Waals surface area contributed by atoms with E-state index in [0.717, 1.165) is 12.0 Å². The molecule has 0 unspecified atom stereocenters. The number of benzene rings is 2. The molecule has 0 spiro atoms. The Hall–Kier alpha value is -3.17. The third kappa shape index (κ3) is 4.13. The molecule has 32 heavy (non-hydrogen) atoms. The molecule has 0 bridgehead atoms. The predicted molar refractivity (Wildman–Crippen MR) is 123 cm³/mol. The molecule has 1 N–H and O–H groups in total. The molecule has 0 saturated heterocycles. The maximum atomic E-state index is 13.2. The first kappa shape index (κ1) is 22.0. The topological polar surface area (TPSA) is 92.8 Å². The van der Waals surface area contributed by atoms with Crippen LogP contribution in [0.4, 0.5) is 5.69 Å². The first-order chi connectivity index (χ1) is 15.3. The highest BCUT2D eigenvalue weighted by Gasteiger charge is 2.26. The normalized spacial score (nSPS) is 13.4. The van der Waals surface area contributed by atoms with Gasteiger partial charge in [0.05, 0.1) is 18.4 Å². The summed E-state index contributed by atoms with van der Waals surface area (Å²) in [5.41, 5.74) is 2.33. The molecule has 0 atom stereocenters. The van der Waals surface area contributed by atoms with Crippen LogP contribution in [-0.2, 0) is 27.7 Å². The third-order valence-electron chi connectivity index (χ3n) is 5.49. The first-order valence-corrected chi connectivity index (χ1v) is 12.3. The van der Waals surface area contributed by atoms with E-state index < -0.39 is 16.0 Å². The van der Waals surface area contributed by atoms with Gasteiger partial charge in [0.1, 0.15) is 4.90 Å². The second kappa shape index (κ2) is 8.76. The molecule has 166 valence electrons. The zero-order valence-corrected chi connectivity index (χ0v) is 19.3. The second-order valence-corrected chi connectivity index (χ2v) is 10.1. The minimum absolute atomic E-state index is 0.0627. The molecule has 1 aliphatic heterocycles. The molecular formula is C23H22N2O5S2. The van der Waals surface area contributed by atoms with Gasteiger partial charge in [0.25, 0.3) is 15.9 Å². The molecule has 0 saturated carbocycles. The molecule has 9 heteroatoms. The summed E-state index contributed by atoms with van der Waals surface area (Å²) in [5.74, 6) is -0.889. The summed E-state index contributed by atoms with van der Waals surface area (Å²) >= 11 is 1.70. The number of nitrogens with zero attached hydrogens (tertiary/aromatic N) is 1. The molecular weight excluding hydrogens is 448 g/mol. The van der Waals surface area contributed by atoms with E-state index in [1.807, 2.05) is 11.4 Å². The minimum atomic E-state index is -4.10. The molecule has 0 aliphatic carbocycles. The van der Waals surface area contributed by atoms with E-state index in [9.17, 15) is 18.0 Å². The molecule has 0 radical (unpaired) electrons. The van der Waals surface area contributed by atoms with Crippen molar-refractivity contribution in [1.82, 2.24) is 4.90 Å². The number of nitrogens with one attached hydrogen (secondary N) is 1. The van der Waals surface area contributed by atoms with Gasteiger partial charge in [0.15, 0.2) is 0 Å². The molecule has 7 nitrogen and oxygen atoms in total. The SMILES string of the molecule is COC(=O)c1ccccc1S(=O)(=O)Nc1cccc(C(=O)N2CCc3sccc3C2)c1C. The molecule has 1 aliphatic rings. The fourth-order valence-electron chi connectivity index (χ4n) is 3.75. The Labute approximate surface area is 190 Å². The van der Waals surface area contributed by atoms with Gasteiger partial charge in [-0.25, -0.2) is 13.2 Å².